The van der Waals surface area contributed by atoms with Gasteiger partial charge in [-0.1, -0.05) is 51.4 Å². The Morgan fingerprint density at radius 2 is 1.85 bits per heavy atom. The average molecular weight is 463 g/mol. The Morgan fingerprint density at radius 3 is 2.41 bits per heavy atom. The molecule has 5 nitrogen and oxygen atoms in total. The molecule has 0 aliphatic carbocycles. The molecule has 1 atom stereocenters. The number of anilines is 1. The highest BCUT2D eigenvalue weighted by atomic mass is 79.9. The summed E-state index contributed by atoms with van der Waals surface area (Å²) in [6, 6.07) is 16.1. The smallest absolute Gasteiger partial charge is 0.262 e. The molecule has 2 aromatic rings. The van der Waals surface area contributed by atoms with Crippen LogP contribution in [0.4, 0.5) is 5.69 Å². The number of nitriles is 1. The first-order valence-electron chi connectivity index (χ1n) is 7.85. The number of hydrogen-bond acceptors (Lipinski definition) is 4. The summed E-state index contributed by atoms with van der Waals surface area (Å²) in [6.07, 6.45) is 0.439. The van der Waals surface area contributed by atoms with Crippen LogP contribution in [-0.2, 0) is 16.0 Å². The minimum Gasteiger partial charge on any atom is -0.365 e. The second kappa shape index (κ2) is 8.17. The van der Waals surface area contributed by atoms with E-state index in [4.69, 9.17) is 17.3 Å². The quantitative estimate of drug-likeness (QED) is 0.549. The molecule has 1 saturated heterocycles. The highest BCUT2D eigenvalue weighted by Gasteiger charge is 2.40. The fourth-order valence-corrected chi connectivity index (χ4v) is 4.37. The van der Waals surface area contributed by atoms with Gasteiger partial charge in [-0.25, -0.2) is 0 Å². The SMILES string of the molecule is N#C/C(C(N)=O)=C1/S[C@@H](Cc2ccc(Cl)cc2)C(=O)N1c1ccc(Br)cc1. The number of benzene rings is 2. The van der Waals surface area contributed by atoms with E-state index in [2.05, 4.69) is 15.9 Å². The van der Waals surface area contributed by atoms with Gasteiger partial charge >= 0.3 is 0 Å². The van der Waals surface area contributed by atoms with Crippen LogP contribution in [0.1, 0.15) is 5.56 Å². The van der Waals surface area contributed by atoms with Gasteiger partial charge in [0.2, 0.25) is 5.91 Å². The van der Waals surface area contributed by atoms with Gasteiger partial charge in [0.15, 0.2) is 0 Å². The molecular formula is C19H13BrClN3O2S. The number of halogens is 2. The highest BCUT2D eigenvalue weighted by Crippen LogP contribution is 2.42. The van der Waals surface area contributed by atoms with Crippen molar-refractivity contribution in [2.45, 2.75) is 11.7 Å². The maximum absolute atomic E-state index is 13.1. The molecule has 8 heteroatoms. The van der Waals surface area contributed by atoms with Crippen molar-refractivity contribution in [2.75, 3.05) is 4.90 Å². The first-order chi connectivity index (χ1) is 12.9. The standard InChI is InChI=1S/C19H13BrClN3O2S/c20-12-3-7-14(8-4-12)24-18(26)16(9-11-1-5-13(21)6-2-11)27-19(24)15(10-22)17(23)25/h1-8,16H,9H2,(H2,23,25)/b19-15-/t16-/m0/s1. The van der Waals surface area contributed by atoms with Crippen LogP contribution in [0, 0.1) is 11.3 Å². The van der Waals surface area contributed by atoms with Crippen LogP contribution < -0.4 is 10.6 Å². The molecule has 0 bridgehead atoms. The zero-order chi connectivity index (χ0) is 19.6. The second-order valence-corrected chi connectivity index (χ2v) is 8.29. The molecule has 1 fully saturated rings. The van der Waals surface area contributed by atoms with Crippen LogP contribution in [0.15, 0.2) is 63.6 Å². The van der Waals surface area contributed by atoms with Gasteiger partial charge in [-0.05, 0) is 48.4 Å². The van der Waals surface area contributed by atoms with Gasteiger partial charge in [-0.15, -0.1) is 0 Å². The lowest BCUT2D eigenvalue weighted by molar-refractivity contribution is -0.117. The van der Waals surface area contributed by atoms with E-state index >= 15 is 0 Å². The van der Waals surface area contributed by atoms with Crippen LogP contribution in [0.3, 0.4) is 0 Å². The third kappa shape index (κ3) is 4.19. The van der Waals surface area contributed by atoms with Crippen LogP contribution in [0.25, 0.3) is 0 Å². The van der Waals surface area contributed by atoms with Crippen molar-refractivity contribution in [1.29, 1.82) is 5.26 Å². The Hall–Kier alpha value is -2.27. The van der Waals surface area contributed by atoms with Crippen molar-refractivity contribution in [1.82, 2.24) is 0 Å². The van der Waals surface area contributed by atoms with Crippen LogP contribution in [0.5, 0.6) is 0 Å². The average Bonchev–Trinajstić information content (AvgIpc) is 2.94. The van der Waals surface area contributed by atoms with Crippen molar-refractivity contribution in [3.8, 4) is 6.07 Å². The van der Waals surface area contributed by atoms with E-state index < -0.39 is 11.2 Å². The normalized spacial score (nSPS) is 18.3. The number of primary amides is 1. The van der Waals surface area contributed by atoms with E-state index in [0.717, 1.165) is 10.0 Å². The van der Waals surface area contributed by atoms with Gasteiger partial charge in [0.05, 0.1) is 5.25 Å². The molecule has 0 unspecified atom stereocenters. The topological polar surface area (TPSA) is 87.2 Å². The maximum atomic E-state index is 13.1. The monoisotopic (exact) mass is 461 g/mol. The Labute approximate surface area is 173 Å². The Kier molecular flexibility index (Phi) is 5.90. The van der Waals surface area contributed by atoms with Crippen LogP contribution >= 0.6 is 39.3 Å². The summed E-state index contributed by atoms with van der Waals surface area (Å²) in [6.45, 7) is 0. The van der Waals surface area contributed by atoms with E-state index in [1.807, 2.05) is 18.2 Å². The van der Waals surface area contributed by atoms with E-state index in [9.17, 15) is 14.9 Å². The lowest BCUT2D eigenvalue weighted by atomic mass is 10.1. The summed E-state index contributed by atoms with van der Waals surface area (Å²) >= 11 is 10.4. The van der Waals surface area contributed by atoms with Crippen LogP contribution in [-0.4, -0.2) is 17.1 Å². The lowest BCUT2D eigenvalue weighted by Gasteiger charge is -2.18. The predicted octanol–water partition coefficient (Wildman–Crippen LogP) is 4.01. The molecule has 136 valence electrons. The zero-order valence-electron chi connectivity index (χ0n) is 13.9. The number of thioether (sulfide) groups is 1. The number of rotatable bonds is 4. The molecule has 0 aromatic heterocycles. The summed E-state index contributed by atoms with van der Waals surface area (Å²) in [7, 11) is 0. The largest absolute Gasteiger partial charge is 0.365 e. The number of amides is 2. The molecule has 0 radical (unpaired) electrons. The van der Waals surface area contributed by atoms with Gasteiger partial charge in [-0.2, -0.15) is 5.26 Å². The first kappa shape index (κ1) is 19.5. The van der Waals surface area contributed by atoms with E-state index in [1.54, 1.807) is 36.4 Å². The van der Waals surface area contributed by atoms with E-state index in [1.165, 1.54) is 16.7 Å². The number of nitrogens with two attached hydrogens (primary N) is 1. The Bertz CT molecular complexity index is 968. The molecular weight excluding hydrogens is 450 g/mol. The second-order valence-electron chi connectivity index (χ2n) is 5.74. The summed E-state index contributed by atoms with van der Waals surface area (Å²) in [4.78, 5) is 26.2. The van der Waals surface area contributed by atoms with Crippen molar-refractivity contribution < 1.29 is 9.59 Å². The molecule has 2 aromatic carbocycles. The third-order valence-corrected chi connectivity index (χ3v) is 5.99. The maximum Gasteiger partial charge on any atom is 0.262 e. The number of nitrogens with zero attached hydrogens (tertiary/aromatic N) is 2. The van der Waals surface area contributed by atoms with Crippen molar-refractivity contribution >= 4 is 56.8 Å². The van der Waals surface area contributed by atoms with E-state index in [-0.39, 0.29) is 16.5 Å². The molecule has 0 saturated carbocycles. The minimum atomic E-state index is -0.859. The number of hydrogen-bond donors (Lipinski definition) is 1. The molecule has 2 N–H and O–H groups in total. The van der Waals surface area contributed by atoms with Gasteiger partial charge in [-0.3, -0.25) is 14.5 Å². The zero-order valence-corrected chi connectivity index (χ0v) is 17.0. The van der Waals surface area contributed by atoms with Gasteiger partial charge in [0.1, 0.15) is 16.7 Å². The number of carbonyl (C=O) groups excluding carboxylic acids is 2. The molecule has 1 heterocycles. The first-order valence-corrected chi connectivity index (χ1v) is 9.90. The Morgan fingerprint density at radius 1 is 1.22 bits per heavy atom. The van der Waals surface area contributed by atoms with Crippen molar-refractivity contribution in [2.24, 2.45) is 5.73 Å². The summed E-state index contributed by atoms with van der Waals surface area (Å²) < 4.78 is 0.851. The van der Waals surface area contributed by atoms with Gasteiger partial charge < -0.3 is 5.73 Å². The summed E-state index contributed by atoms with van der Waals surface area (Å²) in [5, 5.41) is 9.77. The molecule has 1 aliphatic rings. The predicted molar refractivity (Wildman–Crippen MR) is 110 cm³/mol. The molecule has 2 amide bonds. The van der Waals surface area contributed by atoms with Crippen molar-refractivity contribution in [3.05, 3.63) is 74.2 Å². The highest BCUT2D eigenvalue weighted by molar-refractivity contribution is 9.10. The third-order valence-electron chi connectivity index (χ3n) is 3.94. The Balaban J connectivity index is 2.01. The van der Waals surface area contributed by atoms with Crippen LogP contribution in [0.2, 0.25) is 5.02 Å². The fraction of sp³-hybridized carbons (Fsp3) is 0.105. The van der Waals surface area contributed by atoms with E-state index in [0.29, 0.717) is 17.1 Å². The minimum absolute atomic E-state index is 0.207. The van der Waals surface area contributed by atoms with Gasteiger partial charge in [0, 0.05) is 15.2 Å². The fourth-order valence-electron chi connectivity index (χ4n) is 2.66. The molecule has 0 spiro atoms. The molecule has 3 rings (SSSR count). The molecule has 1 aliphatic heterocycles. The molecule has 27 heavy (non-hydrogen) atoms. The lowest BCUT2D eigenvalue weighted by Crippen LogP contribution is -2.31. The summed E-state index contributed by atoms with van der Waals surface area (Å²) in [5.41, 5.74) is 6.63. The summed E-state index contributed by atoms with van der Waals surface area (Å²) in [5.74, 6) is -1.07. The van der Waals surface area contributed by atoms with Crippen molar-refractivity contribution in [3.63, 3.8) is 0 Å². The number of carbonyl (C=O) groups is 2. The van der Waals surface area contributed by atoms with Gasteiger partial charge in [0.25, 0.3) is 5.91 Å².